The first-order chi connectivity index (χ1) is 4.34. The van der Waals surface area contributed by atoms with E-state index in [2.05, 4.69) is 0 Å². The molecule has 0 heterocycles. The molecule has 1 rings (SSSR count). The van der Waals surface area contributed by atoms with Crippen LogP contribution in [0, 0.1) is 5.92 Å². The molecule has 1 heteroatoms. The Hall–Kier alpha value is -0.460. The summed E-state index contributed by atoms with van der Waals surface area (Å²) in [5.41, 5.74) is 0. The molecule has 0 aromatic rings. The monoisotopic (exact) mass is 126 g/mol. The third-order valence-corrected chi connectivity index (χ3v) is 2.07. The van der Waals surface area contributed by atoms with Gasteiger partial charge in [-0.3, -0.25) is 0 Å². The molecule has 1 aliphatic rings. The molecule has 0 radical (unpaired) electrons. The van der Waals surface area contributed by atoms with Crippen LogP contribution in [0.15, 0.2) is 11.8 Å². The SMILES string of the molecule is C/C=C(/O)C1CCCC1. The molecule has 0 aliphatic heterocycles. The van der Waals surface area contributed by atoms with E-state index in [1.165, 1.54) is 25.7 Å². The summed E-state index contributed by atoms with van der Waals surface area (Å²) in [5.74, 6) is 1.10. The second-order valence-corrected chi connectivity index (χ2v) is 2.69. The molecular formula is C8H14O. The quantitative estimate of drug-likeness (QED) is 0.535. The highest BCUT2D eigenvalue weighted by atomic mass is 16.3. The van der Waals surface area contributed by atoms with Gasteiger partial charge in [0.1, 0.15) is 0 Å². The predicted molar refractivity (Wildman–Crippen MR) is 38.3 cm³/mol. The van der Waals surface area contributed by atoms with Gasteiger partial charge in [0.05, 0.1) is 5.76 Å². The molecule has 0 aromatic heterocycles. The van der Waals surface area contributed by atoms with Gasteiger partial charge in [0.25, 0.3) is 0 Å². The van der Waals surface area contributed by atoms with Crippen LogP contribution in [-0.2, 0) is 0 Å². The summed E-state index contributed by atoms with van der Waals surface area (Å²) in [7, 11) is 0. The number of rotatable bonds is 1. The van der Waals surface area contributed by atoms with Gasteiger partial charge >= 0.3 is 0 Å². The highest BCUT2D eigenvalue weighted by Crippen LogP contribution is 2.29. The van der Waals surface area contributed by atoms with Crippen molar-refractivity contribution < 1.29 is 5.11 Å². The summed E-state index contributed by atoms with van der Waals surface area (Å²) in [6, 6.07) is 0. The Bertz CT molecular complexity index is 110. The van der Waals surface area contributed by atoms with Crippen molar-refractivity contribution in [3.05, 3.63) is 11.8 Å². The first kappa shape index (κ1) is 6.66. The van der Waals surface area contributed by atoms with Crippen LogP contribution in [0.4, 0.5) is 0 Å². The predicted octanol–water partition coefficient (Wildman–Crippen LogP) is 2.64. The molecule has 0 aromatic carbocycles. The van der Waals surface area contributed by atoms with Gasteiger partial charge in [-0.2, -0.15) is 0 Å². The fourth-order valence-corrected chi connectivity index (χ4v) is 1.46. The van der Waals surface area contributed by atoms with Gasteiger partial charge in [-0.05, 0) is 25.8 Å². The van der Waals surface area contributed by atoms with E-state index in [-0.39, 0.29) is 0 Å². The van der Waals surface area contributed by atoms with Crippen molar-refractivity contribution in [1.82, 2.24) is 0 Å². The Morgan fingerprint density at radius 3 is 2.44 bits per heavy atom. The lowest BCUT2D eigenvalue weighted by Gasteiger charge is -2.05. The third-order valence-electron chi connectivity index (χ3n) is 2.07. The lowest BCUT2D eigenvalue weighted by Crippen LogP contribution is -1.95. The average Bonchev–Trinajstić information content (AvgIpc) is 2.37. The van der Waals surface area contributed by atoms with E-state index in [1.807, 2.05) is 13.0 Å². The van der Waals surface area contributed by atoms with E-state index in [0.29, 0.717) is 11.7 Å². The van der Waals surface area contributed by atoms with Gasteiger partial charge in [-0.15, -0.1) is 0 Å². The van der Waals surface area contributed by atoms with Gasteiger partial charge in [0.15, 0.2) is 0 Å². The van der Waals surface area contributed by atoms with E-state index in [4.69, 9.17) is 0 Å². The first-order valence-electron chi connectivity index (χ1n) is 3.69. The van der Waals surface area contributed by atoms with Crippen molar-refractivity contribution in [1.29, 1.82) is 0 Å². The molecule has 0 atom stereocenters. The smallest absolute Gasteiger partial charge is 0.0910 e. The topological polar surface area (TPSA) is 20.2 Å². The molecule has 0 saturated heterocycles. The Kier molecular flexibility index (Phi) is 2.15. The van der Waals surface area contributed by atoms with Crippen LogP contribution in [0.3, 0.4) is 0 Å². The zero-order valence-electron chi connectivity index (χ0n) is 5.93. The molecule has 1 saturated carbocycles. The summed E-state index contributed by atoms with van der Waals surface area (Å²) in [4.78, 5) is 0. The minimum atomic E-state index is 0.495. The minimum absolute atomic E-state index is 0.495. The summed E-state index contributed by atoms with van der Waals surface area (Å²) >= 11 is 0. The van der Waals surface area contributed by atoms with E-state index in [9.17, 15) is 5.11 Å². The highest BCUT2D eigenvalue weighted by Gasteiger charge is 2.17. The summed E-state index contributed by atoms with van der Waals surface area (Å²) in [6.07, 6.45) is 6.79. The number of aliphatic hydroxyl groups is 1. The lowest BCUT2D eigenvalue weighted by molar-refractivity contribution is 0.331. The van der Waals surface area contributed by atoms with Crippen LogP contribution in [0.5, 0.6) is 0 Å². The maximum absolute atomic E-state index is 9.22. The molecule has 0 bridgehead atoms. The molecular weight excluding hydrogens is 112 g/mol. The highest BCUT2D eigenvalue weighted by molar-refractivity contribution is 4.96. The largest absolute Gasteiger partial charge is 0.512 e. The van der Waals surface area contributed by atoms with Crippen molar-refractivity contribution in [2.24, 2.45) is 5.92 Å². The van der Waals surface area contributed by atoms with Gasteiger partial charge in [-0.1, -0.05) is 12.8 Å². The maximum Gasteiger partial charge on any atom is 0.0910 e. The third kappa shape index (κ3) is 1.47. The summed E-state index contributed by atoms with van der Waals surface area (Å²) in [6.45, 7) is 1.90. The zero-order valence-corrected chi connectivity index (χ0v) is 5.93. The Labute approximate surface area is 56.4 Å². The van der Waals surface area contributed by atoms with E-state index in [1.54, 1.807) is 0 Å². The number of aliphatic hydroxyl groups excluding tert-OH is 1. The van der Waals surface area contributed by atoms with Crippen LogP contribution >= 0.6 is 0 Å². The number of hydrogen-bond donors (Lipinski definition) is 1. The average molecular weight is 126 g/mol. The summed E-state index contributed by atoms with van der Waals surface area (Å²) in [5, 5.41) is 9.22. The molecule has 9 heavy (non-hydrogen) atoms. The van der Waals surface area contributed by atoms with Crippen molar-refractivity contribution in [3.8, 4) is 0 Å². The Balaban J connectivity index is 2.42. The molecule has 0 amide bonds. The molecule has 0 unspecified atom stereocenters. The standard InChI is InChI=1S/C8H14O/c1-2-8(9)7-5-3-4-6-7/h2,7,9H,3-6H2,1H3/b8-2+. The van der Waals surface area contributed by atoms with Gasteiger partial charge in [0, 0.05) is 5.92 Å². The van der Waals surface area contributed by atoms with Crippen molar-refractivity contribution >= 4 is 0 Å². The Morgan fingerprint density at radius 2 is 2.00 bits per heavy atom. The maximum atomic E-state index is 9.22. The van der Waals surface area contributed by atoms with Crippen LogP contribution in [0.25, 0.3) is 0 Å². The first-order valence-corrected chi connectivity index (χ1v) is 3.69. The fourth-order valence-electron chi connectivity index (χ4n) is 1.46. The second-order valence-electron chi connectivity index (χ2n) is 2.69. The molecule has 1 N–H and O–H groups in total. The van der Waals surface area contributed by atoms with Crippen LogP contribution in [-0.4, -0.2) is 5.11 Å². The molecule has 1 fully saturated rings. The van der Waals surface area contributed by atoms with E-state index < -0.39 is 0 Å². The summed E-state index contributed by atoms with van der Waals surface area (Å²) < 4.78 is 0. The minimum Gasteiger partial charge on any atom is -0.512 e. The zero-order chi connectivity index (χ0) is 6.69. The van der Waals surface area contributed by atoms with Gasteiger partial charge < -0.3 is 5.11 Å². The number of hydrogen-bond acceptors (Lipinski definition) is 1. The molecule has 52 valence electrons. The van der Waals surface area contributed by atoms with E-state index in [0.717, 1.165) is 0 Å². The van der Waals surface area contributed by atoms with E-state index >= 15 is 0 Å². The van der Waals surface area contributed by atoms with Crippen LogP contribution < -0.4 is 0 Å². The normalized spacial score (nSPS) is 23.0. The van der Waals surface area contributed by atoms with Crippen molar-refractivity contribution in [2.45, 2.75) is 32.6 Å². The van der Waals surface area contributed by atoms with Gasteiger partial charge in [0.2, 0.25) is 0 Å². The van der Waals surface area contributed by atoms with Crippen LogP contribution in [0.1, 0.15) is 32.6 Å². The number of allylic oxidation sites excluding steroid dienone is 2. The van der Waals surface area contributed by atoms with Crippen LogP contribution in [0.2, 0.25) is 0 Å². The Morgan fingerprint density at radius 1 is 1.44 bits per heavy atom. The second kappa shape index (κ2) is 2.90. The molecule has 0 spiro atoms. The lowest BCUT2D eigenvalue weighted by atomic mass is 10.1. The molecule has 1 nitrogen and oxygen atoms in total. The van der Waals surface area contributed by atoms with Crippen molar-refractivity contribution in [2.75, 3.05) is 0 Å². The molecule has 1 aliphatic carbocycles. The fraction of sp³-hybridized carbons (Fsp3) is 0.750. The van der Waals surface area contributed by atoms with Gasteiger partial charge in [-0.25, -0.2) is 0 Å². The van der Waals surface area contributed by atoms with Crippen molar-refractivity contribution in [3.63, 3.8) is 0 Å².